The van der Waals surface area contributed by atoms with E-state index in [2.05, 4.69) is 29.0 Å². The summed E-state index contributed by atoms with van der Waals surface area (Å²) in [5.74, 6) is 0.220. The summed E-state index contributed by atoms with van der Waals surface area (Å²) >= 11 is 0. The van der Waals surface area contributed by atoms with Crippen LogP contribution in [0.1, 0.15) is 19.4 Å². The Labute approximate surface area is 95.3 Å². The predicted molar refractivity (Wildman–Crippen MR) is 62.2 cm³/mol. The Morgan fingerprint density at radius 1 is 1.69 bits per heavy atom. The Morgan fingerprint density at radius 3 is 2.81 bits per heavy atom. The summed E-state index contributed by atoms with van der Waals surface area (Å²) in [6.07, 6.45) is 3.78. The van der Waals surface area contributed by atoms with Crippen molar-refractivity contribution in [2.75, 3.05) is 6.54 Å². The van der Waals surface area contributed by atoms with E-state index in [1.165, 1.54) is 0 Å². The van der Waals surface area contributed by atoms with Gasteiger partial charge in [0.05, 0.1) is 12.7 Å². The van der Waals surface area contributed by atoms with Gasteiger partial charge in [-0.1, -0.05) is 5.16 Å². The highest BCUT2D eigenvalue weighted by Crippen LogP contribution is 2.06. The van der Waals surface area contributed by atoms with Crippen LogP contribution in [-0.2, 0) is 13.6 Å². The molecule has 0 aromatic carbocycles. The second kappa shape index (κ2) is 5.50. The van der Waals surface area contributed by atoms with Crippen molar-refractivity contribution in [3.05, 3.63) is 18.0 Å². The van der Waals surface area contributed by atoms with Crippen LogP contribution in [0, 0.1) is 0 Å². The second-order valence-electron chi connectivity index (χ2n) is 4.11. The van der Waals surface area contributed by atoms with E-state index in [1.54, 1.807) is 4.68 Å². The van der Waals surface area contributed by atoms with E-state index in [4.69, 9.17) is 10.9 Å². The monoisotopic (exact) mass is 225 g/mol. The summed E-state index contributed by atoms with van der Waals surface area (Å²) in [4.78, 5) is 2.10. The van der Waals surface area contributed by atoms with E-state index in [9.17, 15) is 0 Å². The number of aromatic nitrogens is 2. The van der Waals surface area contributed by atoms with Crippen molar-refractivity contribution in [1.29, 1.82) is 0 Å². The molecule has 0 spiro atoms. The molecule has 0 amide bonds. The minimum Gasteiger partial charge on any atom is -0.409 e. The molecule has 1 heterocycles. The zero-order valence-corrected chi connectivity index (χ0v) is 9.96. The first-order chi connectivity index (χ1) is 7.52. The van der Waals surface area contributed by atoms with Crippen molar-refractivity contribution in [1.82, 2.24) is 14.7 Å². The number of hydrogen-bond acceptors (Lipinski definition) is 4. The lowest BCUT2D eigenvalue weighted by molar-refractivity contribution is 0.238. The second-order valence-corrected chi connectivity index (χ2v) is 4.11. The third-order valence-corrected chi connectivity index (χ3v) is 2.37. The van der Waals surface area contributed by atoms with Crippen LogP contribution in [0.5, 0.6) is 0 Å². The molecule has 0 aliphatic carbocycles. The maximum atomic E-state index is 8.56. The van der Waals surface area contributed by atoms with Crippen molar-refractivity contribution in [2.45, 2.75) is 26.4 Å². The average molecular weight is 225 g/mol. The average Bonchev–Trinajstić information content (AvgIpc) is 2.62. The number of nitrogens with zero attached hydrogens (tertiary/aromatic N) is 4. The van der Waals surface area contributed by atoms with Crippen LogP contribution in [0.25, 0.3) is 0 Å². The van der Waals surface area contributed by atoms with Crippen molar-refractivity contribution < 1.29 is 5.21 Å². The number of aryl methyl sites for hydroxylation is 1. The smallest absolute Gasteiger partial charge is 0.153 e. The van der Waals surface area contributed by atoms with Crippen LogP contribution in [-0.4, -0.2) is 38.3 Å². The number of oxime groups is 1. The molecule has 6 heteroatoms. The first-order valence-corrected chi connectivity index (χ1v) is 5.21. The molecule has 90 valence electrons. The van der Waals surface area contributed by atoms with E-state index in [0.717, 1.165) is 12.1 Å². The molecule has 0 bridgehead atoms. The zero-order chi connectivity index (χ0) is 12.1. The molecule has 0 unspecified atom stereocenters. The van der Waals surface area contributed by atoms with Crippen LogP contribution in [0.3, 0.4) is 0 Å². The zero-order valence-electron chi connectivity index (χ0n) is 9.96. The number of amidine groups is 1. The summed E-state index contributed by atoms with van der Waals surface area (Å²) in [5.41, 5.74) is 6.62. The first-order valence-electron chi connectivity index (χ1n) is 5.21. The van der Waals surface area contributed by atoms with E-state index >= 15 is 0 Å². The molecule has 16 heavy (non-hydrogen) atoms. The van der Waals surface area contributed by atoms with Gasteiger partial charge in [-0.2, -0.15) is 5.10 Å². The third-order valence-electron chi connectivity index (χ3n) is 2.37. The molecular formula is C10H19N5O. The molecule has 0 saturated heterocycles. The molecule has 1 aromatic rings. The summed E-state index contributed by atoms with van der Waals surface area (Å²) in [7, 11) is 1.88. The predicted octanol–water partition coefficient (Wildman–Crippen LogP) is 0.377. The van der Waals surface area contributed by atoms with E-state index in [0.29, 0.717) is 12.6 Å². The fraction of sp³-hybridized carbons (Fsp3) is 0.600. The normalized spacial score (nSPS) is 12.7. The summed E-state index contributed by atoms with van der Waals surface area (Å²) in [6, 6.07) is 0.320. The molecule has 0 atom stereocenters. The van der Waals surface area contributed by atoms with Crippen molar-refractivity contribution in [3.63, 3.8) is 0 Å². The molecule has 6 nitrogen and oxygen atoms in total. The first kappa shape index (κ1) is 12.5. The summed E-state index contributed by atoms with van der Waals surface area (Å²) < 4.78 is 1.76. The lowest BCUT2D eigenvalue weighted by atomic mass is 10.2. The molecular weight excluding hydrogens is 206 g/mol. The molecule has 0 aliphatic heterocycles. The largest absolute Gasteiger partial charge is 0.409 e. The van der Waals surface area contributed by atoms with Gasteiger partial charge in [0.2, 0.25) is 0 Å². The Morgan fingerprint density at radius 2 is 2.38 bits per heavy atom. The highest BCUT2D eigenvalue weighted by molar-refractivity contribution is 5.81. The van der Waals surface area contributed by atoms with E-state index in [1.807, 2.05) is 19.4 Å². The standard InChI is InChI=1S/C10H19N5O/c1-8(2)15(7-10(11)13-16)6-9-4-12-14(3)5-9/h4-5,8,16H,6-7H2,1-3H3,(H2,11,13). The highest BCUT2D eigenvalue weighted by Gasteiger charge is 2.12. The van der Waals surface area contributed by atoms with Crippen LogP contribution >= 0.6 is 0 Å². The fourth-order valence-corrected chi connectivity index (χ4v) is 1.45. The fourth-order valence-electron chi connectivity index (χ4n) is 1.45. The molecule has 0 radical (unpaired) electrons. The van der Waals surface area contributed by atoms with Crippen LogP contribution in [0.4, 0.5) is 0 Å². The minimum atomic E-state index is 0.220. The van der Waals surface area contributed by atoms with E-state index < -0.39 is 0 Å². The number of hydrogen-bond donors (Lipinski definition) is 2. The van der Waals surface area contributed by atoms with Gasteiger partial charge in [0.25, 0.3) is 0 Å². The van der Waals surface area contributed by atoms with Gasteiger partial charge in [-0.3, -0.25) is 9.58 Å². The molecule has 0 fully saturated rings. The Balaban J connectivity index is 2.65. The minimum absolute atomic E-state index is 0.220. The molecule has 0 saturated carbocycles. The van der Waals surface area contributed by atoms with Gasteiger partial charge in [0.15, 0.2) is 5.84 Å². The van der Waals surface area contributed by atoms with E-state index in [-0.39, 0.29) is 5.84 Å². The van der Waals surface area contributed by atoms with Gasteiger partial charge in [-0.15, -0.1) is 0 Å². The van der Waals surface area contributed by atoms with Gasteiger partial charge in [-0.25, -0.2) is 0 Å². The molecule has 0 aliphatic rings. The third kappa shape index (κ3) is 3.54. The SMILES string of the molecule is CC(C)N(CC(N)=NO)Cc1cnn(C)c1. The highest BCUT2D eigenvalue weighted by atomic mass is 16.4. The number of rotatable bonds is 5. The lowest BCUT2D eigenvalue weighted by Crippen LogP contribution is -2.38. The Hall–Kier alpha value is -1.56. The maximum absolute atomic E-state index is 8.56. The van der Waals surface area contributed by atoms with Crippen LogP contribution in [0.15, 0.2) is 17.5 Å². The quantitative estimate of drug-likeness (QED) is 0.328. The molecule has 3 N–H and O–H groups in total. The van der Waals surface area contributed by atoms with Crippen LogP contribution in [0.2, 0.25) is 0 Å². The van der Waals surface area contributed by atoms with Crippen molar-refractivity contribution >= 4 is 5.84 Å². The molecule has 1 rings (SSSR count). The number of nitrogens with two attached hydrogens (primary N) is 1. The van der Waals surface area contributed by atoms with Gasteiger partial charge in [0.1, 0.15) is 0 Å². The lowest BCUT2D eigenvalue weighted by Gasteiger charge is -2.24. The molecule has 1 aromatic heterocycles. The Kier molecular flexibility index (Phi) is 4.30. The van der Waals surface area contributed by atoms with Crippen molar-refractivity contribution in [2.24, 2.45) is 17.9 Å². The van der Waals surface area contributed by atoms with Gasteiger partial charge >= 0.3 is 0 Å². The van der Waals surface area contributed by atoms with Crippen LogP contribution < -0.4 is 5.73 Å². The van der Waals surface area contributed by atoms with Gasteiger partial charge in [-0.05, 0) is 13.8 Å². The van der Waals surface area contributed by atoms with Gasteiger partial charge in [0, 0.05) is 31.4 Å². The summed E-state index contributed by atoms with van der Waals surface area (Å²) in [6.45, 7) is 5.33. The topological polar surface area (TPSA) is 79.7 Å². The Bertz CT molecular complexity index is 358. The van der Waals surface area contributed by atoms with Crippen molar-refractivity contribution in [3.8, 4) is 0 Å². The maximum Gasteiger partial charge on any atom is 0.153 e. The van der Waals surface area contributed by atoms with Gasteiger partial charge < -0.3 is 10.9 Å². The summed E-state index contributed by atoms with van der Waals surface area (Å²) in [5, 5.41) is 15.7.